The SMILES string of the molecule is CC(C)c1ccc(OCC(=O)NCc2cccc(Cl)c2)cc1. The van der Waals surface area contributed by atoms with E-state index >= 15 is 0 Å². The van der Waals surface area contributed by atoms with E-state index in [-0.39, 0.29) is 12.5 Å². The zero-order chi connectivity index (χ0) is 15.9. The molecule has 0 aliphatic rings. The molecular weight excluding hydrogens is 298 g/mol. The van der Waals surface area contributed by atoms with Crippen molar-refractivity contribution in [2.75, 3.05) is 6.61 Å². The Morgan fingerprint density at radius 2 is 1.91 bits per heavy atom. The van der Waals surface area contributed by atoms with Crippen molar-refractivity contribution in [3.05, 3.63) is 64.7 Å². The third kappa shape index (κ3) is 5.08. The maximum atomic E-state index is 11.8. The van der Waals surface area contributed by atoms with Crippen LogP contribution in [-0.2, 0) is 11.3 Å². The fourth-order valence-electron chi connectivity index (χ4n) is 2.00. The summed E-state index contributed by atoms with van der Waals surface area (Å²) in [5.41, 5.74) is 2.21. The van der Waals surface area contributed by atoms with Crippen LogP contribution in [0.25, 0.3) is 0 Å². The molecule has 2 rings (SSSR count). The number of rotatable bonds is 6. The molecule has 0 aliphatic heterocycles. The van der Waals surface area contributed by atoms with Crippen molar-refractivity contribution in [2.24, 2.45) is 0 Å². The predicted octanol–water partition coefficient (Wildman–Crippen LogP) is 4.16. The Bertz CT molecular complexity index is 623. The van der Waals surface area contributed by atoms with Crippen LogP contribution in [0.4, 0.5) is 0 Å². The van der Waals surface area contributed by atoms with Crippen molar-refractivity contribution >= 4 is 17.5 Å². The second-order valence-corrected chi connectivity index (χ2v) is 5.86. The largest absolute Gasteiger partial charge is 0.484 e. The molecule has 4 heteroatoms. The van der Waals surface area contributed by atoms with Gasteiger partial charge in [0.15, 0.2) is 6.61 Å². The summed E-state index contributed by atoms with van der Waals surface area (Å²) in [6, 6.07) is 15.2. The average molecular weight is 318 g/mol. The zero-order valence-corrected chi connectivity index (χ0v) is 13.6. The van der Waals surface area contributed by atoms with Gasteiger partial charge in [0, 0.05) is 11.6 Å². The lowest BCUT2D eigenvalue weighted by Gasteiger charge is -2.09. The second kappa shape index (κ2) is 7.85. The summed E-state index contributed by atoms with van der Waals surface area (Å²) >= 11 is 5.90. The van der Waals surface area contributed by atoms with Crippen molar-refractivity contribution in [3.8, 4) is 5.75 Å². The molecular formula is C18H20ClNO2. The third-order valence-corrected chi connectivity index (χ3v) is 3.53. The summed E-state index contributed by atoms with van der Waals surface area (Å²) in [6.45, 7) is 4.72. The Morgan fingerprint density at radius 3 is 2.55 bits per heavy atom. The van der Waals surface area contributed by atoms with Gasteiger partial charge < -0.3 is 10.1 Å². The fraction of sp³-hybridized carbons (Fsp3) is 0.278. The van der Waals surface area contributed by atoms with Gasteiger partial charge in [0.25, 0.3) is 5.91 Å². The molecule has 3 nitrogen and oxygen atoms in total. The van der Waals surface area contributed by atoms with E-state index in [2.05, 4.69) is 19.2 Å². The van der Waals surface area contributed by atoms with Gasteiger partial charge in [-0.05, 0) is 41.3 Å². The standard InChI is InChI=1S/C18H20ClNO2/c1-13(2)15-6-8-17(9-7-15)22-12-18(21)20-11-14-4-3-5-16(19)10-14/h3-10,13H,11-12H2,1-2H3,(H,20,21). The number of amides is 1. The molecule has 0 fully saturated rings. The van der Waals surface area contributed by atoms with Crippen LogP contribution in [0.1, 0.15) is 30.9 Å². The summed E-state index contributed by atoms with van der Waals surface area (Å²) in [7, 11) is 0. The smallest absolute Gasteiger partial charge is 0.258 e. The van der Waals surface area contributed by atoms with E-state index in [1.165, 1.54) is 5.56 Å². The first-order chi connectivity index (χ1) is 10.5. The summed E-state index contributed by atoms with van der Waals surface area (Å²) in [5.74, 6) is 1.02. The molecule has 0 unspecified atom stereocenters. The number of halogens is 1. The molecule has 0 saturated carbocycles. The van der Waals surface area contributed by atoms with E-state index in [4.69, 9.17) is 16.3 Å². The van der Waals surface area contributed by atoms with Crippen molar-refractivity contribution in [3.63, 3.8) is 0 Å². The molecule has 0 atom stereocenters. The topological polar surface area (TPSA) is 38.3 Å². The molecule has 2 aromatic carbocycles. The predicted molar refractivity (Wildman–Crippen MR) is 89.3 cm³/mol. The van der Waals surface area contributed by atoms with E-state index in [9.17, 15) is 4.79 Å². The third-order valence-electron chi connectivity index (χ3n) is 3.30. The highest BCUT2D eigenvalue weighted by Gasteiger charge is 2.04. The van der Waals surface area contributed by atoms with Gasteiger partial charge in [-0.2, -0.15) is 0 Å². The summed E-state index contributed by atoms with van der Waals surface area (Å²) < 4.78 is 5.48. The van der Waals surface area contributed by atoms with E-state index in [1.807, 2.05) is 42.5 Å². The molecule has 2 aromatic rings. The molecule has 0 radical (unpaired) electrons. The summed E-state index contributed by atoms with van der Waals surface area (Å²) in [6.07, 6.45) is 0. The minimum absolute atomic E-state index is 0.00158. The van der Waals surface area contributed by atoms with Crippen LogP contribution in [0, 0.1) is 0 Å². The quantitative estimate of drug-likeness (QED) is 0.868. The van der Waals surface area contributed by atoms with Crippen molar-refractivity contribution in [1.29, 1.82) is 0 Å². The Hall–Kier alpha value is -2.00. The number of nitrogens with one attached hydrogen (secondary N) is 1. The number of hydrogen-bond donors (Lipinski definition) is 1. The molecule has 0 bridgehead atoms. The van der Waals surface area contributed by atoms with Crippen LogP contribution >= 0.6 is 11.6 Å². The maximum absolute atomic E-state index is 11.8. The Kier molecular flexibility index (Phi) is 5.84. The van der Waals surface area contributed by atoms with Gasteiger partial charge in [-0.25, -0.2) is 0 Å². The molecule has 0 heterocycles. The van der Waals surface area contributed by atoms with E-state index < -0.39 is 0 Å². The van der Waals surface area contributed by atoms with E-state index in [0.717, 1.165) is 5.56 Å². The summed E-state index contributed by atoms with van der Waals surface area (Å²) in [5, 5.41) is 3.46. The van der Waals surface area contributed by atoms with Crippen LogP contribution in [0.15, 0.2) is 48.5 Å². The lowest BCUT2D eigenvalue weighted by Crippen LogP contribution is -2.28. The molecule has 0 saturated heterocycles. The molecule has 22 heavy (non-hydrogen) atoms. The van der Waals surface area contributed by atoms with Crippen LogP contribution in [-0.4, -0.2) is 12.5 Å². The van der Waals surface area contributed by atoms with Gasteiger partial charge in [0.1, 0.15) is 5.75 Å². The Morgan fingerprint density at radius 1 is 1.18 bits per heavy atom. The maximum Gasteiger partial charge on any atom is 0.258 e. The Balaban J connectivity index is 1.77. The number of ether oxygens (including phenoxy) is 1. The summed E-state index contributed by atoms with van der Waals surface area (Å²) in [4.78, 5) is 11.8. The van der Waals surface area contributed by atoms with Gasteiger partial charge >= 0.3 is 0 Å². The van der Waals surface area contributed by atoms with Crippen LogP contribution in [0.5, 0.6) is 5.75 Å². The molecule has 1 N–H and O–H groups in total. The van der Waals surface area contributed by atoms with Crippen LogP contribution in [0.2, 0.25) is 5.02 Å². The molecule has 116 valence electrons. The second-order valence-electron chi connectivity index (χ2n) is 5.42. The van der Waals surface area contributed by atoms with Crippen molar-refractivity contribution in [2.45, 2.75) is 26.3 Å². The molecule has 0 spiro atoms. The minimum atomic E-state index is -0.159. The fourth-order valence-corrected chi connectivity index (χ4v) is 2.21. The molecule has 0 aliphatic carbocycles. The first-order valence-electron chi connectivity index (χ1n) is 7.28. The molecule has 0 aromatic heterocycles. The normalized spacial score (nSPS) is 10.5. The first-order valence-corrected chi connectivity index (χ1v) is 7.66. The van der Waals surface area contributed by atoms with Gasteiger partial charge in [0.2, 0.25) is 0 Å². The van der Waals surface area contributed by atoms with E-state index in [0.29, 0.717) is 23.2 Å². The molecule has 1 amide bonds. The lowest BCUT2D eigenvalue weighted by molar-refractivity contribution is -0.123. The first kappa shape index (κ1) is 16.4. The number of carbonyl (C=O) groups excluding carboxylic acids is 1. The van der Waals surface area contributed by atoms with Crippen LogP contribution < -0.4 is 10.1 Å². The number of benzene rings is 2. The van der Waals surface area contributed by atoms with Crippen molar-refractivity contribution < 1.29 is 9.53 Å². The van der Waals surface area contributed by atoms with E-state index in [1.54, 1.807) is 6.07 Å². The van der Waals surface area contributed by atoms with Gasteiger partial charge in [0.05, 0.1) is 0 Å². The average Bonchev–Trinajstić information content (AvgIpc) is 2.51. The Labute approximate surface area is 136 Å². The van der Waals surface area contributed by atoms with Crippen LogP contribution in [0.3, 0.4) is 0 Å². The number of hydrogen-bond acceptors (Lipinski definition) is 2. The van der Waals surface area contributed by atoms with Gasteiger partial charge in [-0.3, -0.25) is 4.79 Å². The highest BCUT2D eigenvalue weighted by atomic mass is 35.5. The van der Waals surface area contributed by atoms with Crippen molar-refractivity contribution in [1.82, 2.24) is 5.32 Å². The van der Waals surface area contributed by atoms with Gasteiger partial charge in [-0.15, -0.1) is 0 Å². The lowest BCUT2D eigenvalue weighted by atomic mass is 10.0. The number of carbonyl (C=O) groups is 1. The minimum Gasteiger partial charge on any atom is -0.484 e. The zero-order valence-electron chi connectivity index (χ0n) is 12.8. The van der Waals surface area contributed by atoms with Gasteiger partial charge in [-0.1, -0.05) is 49.7 Å². The highest BCUT2D eigenvalue weighted by molar-refractivity contribution is 6.30. The highest BCUT2D eigenvalue weighted by Crippen LogP contribution is 2.18. The monoisotopic (exact) mass is 317 g/mol.